The van der Waals surface area contributed by atoms with Gasteiger partial charge in [-0.3, -0.25) is 9.69 Å². The first kappa shape index (κ1) is 13.8. The smallest absolute Gasteiger partial charge is 0.239 e. The Hall–Kier alpha value is -0.650. The Labute approximate surface area is 109 Å². The first-order valence-corrected chi connectivity index (χ1v) is 6.97. The van der Waals surface area contributed by atoms with Gasteiger partial charge in [0.15, 0.2) is 0 Å². The van der Waals surface area contributed by atoms with Gasteiger partial charge in [-0.2, -0.15) is 0 Å². The summed E-state index contributed by atoms with van der Waals surface area (Å²) in [7, 11) is 0. The van der Waals surface area contributed by atoms with E-state index in [1.165, 1.54) is 0 Å². The van der Waals surface area contributed by atoms with E-state index in [1.54, 1.807) is 0 Å². The van der Waals surface area contributed by atoms with Gasteiger partial charge in [-0.25, -0.2) is 0 Å². The zero-order valence-corrected chi connectivity index (χ0v) is 11.4. The average molecular weight is 255 g/mol. The van der Waals surface area contributed by atoms with Crippen LogP contribution in [0.1, 0.15) is 26.7 Å². The fraction of sp³-hybridized carbons (Fsp3) is 0.923. The summed E-state index contributed by atoms with van der Waals surface area (Å²) < 4.78 is 5.54. The average Bonchev–Trinajstić information content (AvgIpc) is 3.12. The molecule has 1 heterocycles. The molecule has 3 N–H and O–H groups in total. The van der Waals surface area contributed by atoms with Crippen molar-refractivity contribution in [2.45, 2.75) is 38.3 Å². The highest BCUT2D eigenvalue weighted by Gasteiger charge is 2.50. The van der Waals surface area contributed by atoms with E-state index in [1.807, 2.05) is 6.92 Å². The topological polar surface area (TPSA) is 67.6 Å². The fourth-order valence-electron chi connectivity index (χ4n) is 2.97. The number of rotatable bonds is 6. The van der Waals surface area contributed by atoms with Gasteiger partial charge in [0.1, 0.15) is 5.54 Å². The number of amides is 1. The molecule has 2 rings (SSSR count). The molecule has 2 unspecified atom stereocenters. The SMILES string of the molecule is CCNC(CN1CCOC(C)C1)(C(N)=O)C1CC1. The van der Waals surface area contributed by atoms with Gasteiger partial charge >= 0.3 is 0 Å². The Morgan fingerprint density at radius 2 is 2.28 bits per heavy atom. The van der Waals surface area contributed by atoms with Gasteiger partial charge in [0.05, 0.1) is 12.7 Å². The second kappa shape index (κ2) is 5.55. The number of primary amides is 1. The second-order valence-corrected chi connectivity index (χ2v) is 5.56. The maximum absolute atomic E-state index is 11.9. The van der Waals surface area contributed by atoms with Crippen molar-refractivity contribution in [3.8, 4) is 0 Å². The van der Waals surface area contributed by atoms with E-state index in [2.05, 4.69) is 17.1 Å². The van der Waals surface area contributed by atoms with Crippen LogP contribution in [0.25, 0.3) is 0 Å². The fourth-order valence-corrected chi connectivity index (χ4v) is 2.97. The van der Waals surface area contributed by atoms with Crippen molar-refractivity contribution in [3.05, 3.63) is 0 Å². The van der Waals surface area contributed by atoms with Gasteiger partial charge in [0.25, 0.3) is 0 Å². The van der Waals surface area contributed by atoms with E-state index in [-0.39, 0.29) is 12.0 Å². The Morgan fingerprint density at radius 3 is 2.78 bits per heavy atom. The van der Waals surface area contributed by atoms with E-state index in [9.17, 15) is 4.79 Å². The lowest BCUT2D eigenvalue weighted by Crippen LogP contribution is -2.64. The third-order valence-electron chi connectivity index (χ3n) is 4.00. The van der Waals surface area contributed by atoms with Crippen LogP contribution in [0.15, 0.2) is 0 Å². The van der Waals surface area contributed by atoms with E-state index >= 15 is 0 Å². The van der Waals surface area contributed by atoms with Crippen LogP contribution in [0.5, 0.6) is 0 Å². The molecule has 2 atom stereocenters. The molecule has 0 bridgehead atoms. The summed E-state index contributed by atoms with van der Waals surface area (Å²) in [4.78, 5) is 14.3. The van der Waals surface area contributed by atoms with E-state index in [4.69, 9.17) is 10.5 Å². The first-order chi connectivity index (χ1) is 8.58. The van der Waals surface area contributed by atoms with Crippen LogP contribution < -0.4 is 11.1 Å². The Kier molecular flexibility index (Phi) is 4.25. The first-order valence-electron chi connectivity index (χ1n) is 6.97. The quantitative estimate of drug-likeness (QED) is 0.698. The number of nitrogens with zero attached hydrogens (tertiary/aromatic N) is 1. The molecule has 2 aliphatic rings. The number of carbonyl (C=O) groups excluding carboxylic acids is 1. The molecule has 5 heteroatoms. The summed E-state index contributed by atoms with van der Waals surface area (Å²) in [5, 5.41) is 3.36. The molecule has 1 aliphatic heterocycles. The predicted octanol–water partition coefficient (Wildman–Crippen LogP) is -0.0493. The number of nitrogens with one attached hydrogen (secondary N) is 1. The largest absolute Gasteiger partial charge is 0.376 e. The summed E-state index contributed by atoms with van der Waals surface area (Å²) in [6.07, 6.45) is 2.45. The van der Waals surface area contributed by atoms with Crippen molar-refractivity contribution >= 4 is 5.91 Å². The number of nitrogens with two attached hydrogens (primary N) is 1. The molecule has 1 saturated carbocycles. The maximum Gasteiger partial charge on any atom is 0.239 e. The zero-order chi connectivity index (χ0) is 13.2. The monoisotopic (exact) mass is 255 g/mol. The number of carbonyl (C=O) groups is 1. The van der Waals surface area contributed by atoms with Crippen LogP contribution in [0.4, 0.5) is 0 Å². The highest BCUT2D eigenvalue weighted by molar-refractivity contribution is 5.86. The predicted molar refractivity (Wildman–Crippen MR) is 70.2 cm³/mol. The molecule has 0 spiro atoms. The van der Waals surface area contributed by atoms with Gasteiger partial charge in [-0.1, -0.05) is 6.92 Å². The van der Waals surface area contributed by atoms with Crippen molar-refractivity contribution < 1.29 is 9.53 Å². The summed E-state index contributed by atoms with van der Waals surface area (Å²) >= 11 is 0. The lowest BCUT2D eigenvalue weighted by atomic mass is 9.91. The van der Waals surface area contributed by atoms with Gasteiger partial charge in [-0.05, 0) is 32.2 Å². The molecule has 5 nitrogen and oxygen atoms in total. The number of ether oxygens (including phenoxy) is 1. The molecule has 18 heavy (non-hydrogen) atoms. The van der Waals surface area contributed by atoms with Crippen LogP contribution in [-0.2, 0) is 9.53 Å². The zero-order valence-electron chi connectivity index (χ0n) is 11.4. The van der Waals surface area contributed by atoms with Crippen LogP contribution in [0, 0.1) is 5.92 Å². The Bertz CT molecular complexity index is 307. The highest BCUT2D eigenvalue weighted by Crippen LogP contribution is 2.40. The molecule has 0 aromatic carbocycles. The number of hydrogen-bond acceptors (Lipinski definition) is 4. The van der Waals surface area contributed by atoms with Crippen LogP contribution >= 0.6 is 0 Å². The molecule has 1 saturated heterocycles. The van der Waals surface area contributed by atoms with E-state index in [0.29, 0.717) is 12.5 Å². The summed E-state index contributed by atoms with van der Waals surface area (Å²) in [5.74, 6) is 0.207. The minimum absolute atomic E-state index is 0.203. The van der Waals surface area contributed by atoms with Gasteiger partial charge in [0, 0.05) is 19.6 Å². The third kappa shape index (κ3) is 2.84. The molecule has 1 aliphatic carbocycles. The minimum atomic E-state index is -0.536. The van der Waals surface area contributed by atoms with E-state index < -0.39 is 5.54 Å². The van der Waals surface area contributed by atoms with Crippen molar-refractivity contribution in [1.29, 1.82) is 0 Å². The molecule has 0 aromatic rings. The van der Waals surface area contributed by atoms with Crippen molar-refractivity contribution in [3.63, 3.8) is 0 Å². The number of hydrogen-bond donors (Lipinski definition) is 2. The van der Waals surface area contributed by atoms with E-state index in [0.717, 1.165) is 39.1 Å². The summed E-state index contributed by atoms with van der Waals surface area (Å²) in [6.45, 7) is 8.11. The molecule has 0 radical (unpaired) electrons. The lowest BCUT2D eigenvalue weighted by molar-refractivity contribution is -0.127. The number of morpholine rings is 1. The van der Waals surface area contributed by atoms with Crippen molar-refractivity contribution in [2.75, 3.05) is 32.8 Å². The molecule has 0 aromatic heterocycles. The summed E-state index contributed by atoms with van der Waals surface area (Å²) in [5.41, 5.74) is 5.16. The van der Waals surface area contributed by atoms with Gasteiger partial charge < -0.3 is 15.8 Å². The maximum atomic E-state index is 11.9. The molecular weight excluding hydrogens is 230 g/mol. The minimum Gasteiger partial charge on any atom is -0.376 e. The van der Waals surface area contributed by atoms with Gasteiger partial charge in [-0.15, -0.1) is 0 Å². The van der Waals surface area contributed by atoms with Crippen LogP contribution in [-0.4, -0.2) is 55.2 Å². The van der Waals surface area contributed by atoms with Crippen LogP contribution in [0.3, 0.4) is 0 Å². The van der Waals surface area contributed by atoms with Crippen LogP contribution in [0.2, 0.25) is 0 Å². The lowest BCUT2D eigenvalue weighted by Gasteiger charge is -2.40. The third-order valence-corrected chi connectivity index (χ3v) is 4.00. The Balaban J connectivity index is 2.06. The normalized spacial score (nSPS) is 28.9. The summed E-state index contributed by atoms with van der Waals surface area (Å²) in [6, 6.07) is 0. The second-order valence-electron chi connectivity index (χ2n) is 5.56. The molecular formula is C13H25N3O2. The number of likely N-dealkylation sites (N-methyl/N-ethyl adjacent to an activating group) is 1. The van der Waals surface area contributed by atoms with Crippen molar-refractivity contribution in [1.82, 2.24) is 10.2 Å². The van der Waals surface area contributed by atoms with Gasteiger partial charge in [0.2, 0.25) is 5.91 Å². The standard InChI is InChI=1S/C13H25N3O2/c1-3-15-13(12(14)17,11-4-5-11)9-16-6-7-18-10(2)8-16/h10-11,15H,3-9H2,1-2H3,(H2,14,17). The Morgan fingerprint density at radius 1 is 1.56 bits per heavy atom. The molecule has 2 fully saturated rings. The highest BCUT2D eigenvalue weighted by atomic mass is 16.5. The molecule has 104 valence electrons. The molecule has 1 amide bonds. The van der Waals surface area contributed by atoms with Crippen molar-refractivity contribution in [2.24, 2.45) is 11.7 Å².